The summed E-state index contributed by atoms with van der Waals surface area (Å²) in [4.78, 5) is 17.6. The van der Waals surface area contributed by atoms with Crippen LogP contribution in [0.2, 0.25) is 0 Å². The molecule has 34 heavy (non-hydrogen) atoms. The lowest BCUT2D eigenvalue weighted by Gasteiger charge is -2.11. The van der Waals surface area contributed by atoms with Crippen molar-refractivity contribution in [2.24, 2.45) is 0 Å². The first-order valence-corrected chi connectivity index (χ1v) is 11.1. The van der Waals surface area contributed by atoms with Crippen molar-refractivity contribution >= 4 is 17.2 Å². The number of carbonyl (C=O) groups is 1. The van der Waals surface area contributed by atoms with Crippen molar-refractivity contribution in [3.05, 3.63) is 101 Å². The third-order valence-electron chi connectivity index (χ3n) is 5.44. The Morgan fingerprint density at radius 3 is 2.62 bits per heavy atom. The lowest BCUT2D eigenvalue weighted by Crippen LogP contribution is -2.35. The number of hydrogen-bond acceptors (Lipinski definition) is 4. The smallest absolute Gasteiger partial charge is 0.271 e. The molecule has 3 aromatic rings. The third kappa shape index (κ3) is 4.83. The fourth-order valence-electron chi connectivity index (χ4n) is 4.07. The molecule has 1 aromatic heterocycles. The number of hydroxylamine groups is 1. The van der Waals surface area contributed by atoms with E-state index in [0.717, 1.165) is 10.4 Å². The SMILES string of the molecule is CC(C)NC(=O)C1=C(c2cccc(F)c2)c2ccc(OCCc3ccccn3)cc2/C1=[N+](/C)O. The lowest BCUT2D eigenvalue weighted by atomic mass is 9.97. The second kappa shape index (κ2) is 9.87. The van der Waals surface area contributed by atoms with E-state index in [1.54, 1.807) is 24.4 Å². The molecule has 0 saturated heterocycles. The first-order chi connectivity index (χ1) is 16.3. The summed E-state index contributed by atoms with van der Waals surface area (Å²) in [7, 11) is 1.46. The van der Waals surface area contributed by atoms with Crippen LogP contribution in [0.4, 0.5) is 4.39 Å². The van der Waals surface area contributed by atoms with Crippen LogP contribution in [0, 0.1) is 5.82 Å². The predicted octanol–water partition coefficient (Wildman–Crippen LogP) is 4.00. The van der Waals surface area contributed by atoms with E-state index < -0.39 is 5.82 Å². The van der Waals surface area contributed by atoms with Crippen molar-refractivity contribution in [2.45, 2.75) is 26.3 Å². The van der Waals surface area contributed by atoms with Gasteiger partial charge in [0.1, 0.15) is 17.1 Å². The van der Waals surface area contributed by atoms with Crippen LogP contribution in [0.3, 0.4) is 0 Å². The fraction of sp³-hybridized carbons (Fsp3) is 0.222. The highest BCUT2D eigenvalue weighted by molar-refractivity contribution is 6.36. The van der Waals surface area contributed by atoms with Crippen molar-refractivity contribution in [3.63, 3.8) is 0 Å². The summed E-state index contributed by atoms with van der Waals surface area (Å²) in [6.07, 6.45) is 2.38. The van der Waals surface area contributed by atoms with Crippen LogP contribution in [-0.4, -0.2) is 46.2 Å². The second-order valence-corrected chi connectivity index (χ2v) is 8.39. The molecule has 7 heteroatoms. The molecule has 0 atom stereocenters. The van der Waals surface area contributed by atoms with Gasteiger partial charge in [0.15, 0.2) is 7.05 Å². The monoisotopic (exact) mass is 460 g/mol. The summed E-state index contributed by atoms with van der Waals surface area (Å²) in [6.45, 7) is 4.14. The summed E-state index contributed by atoms with van der Waals surface area (Å²) in [5.74, 6) is -0.160. The molecule has 1 heterocycles. The number of nitrogens with one attached hydrogen (secondary N) is 1. The van der Waals surface area contributed by atoms with Crippen molar-refractivity contribution in [1.29, 1.82) is 0 Å². The number of fused-ring (bicyclic) bond motifs is 1. The minimum Gasteiger partial charge on any atom is -0.493 e. The second-order valence-electron chi connectivity index (χ2n) is 8.39. The molecule has 6 nitrogen and oxygen atoms in total. The van der Waals surface area contributed by atoms with E-state index in [9.17, 15) is 14.4 Å². The number of hydrogen-bond donors (Lipinski definition) is 2. The van der Waals surface area contributed by atoms with E-state index in [4.69, 9.17) is 4.74 Å². The lowest BCUT2D eigenvalue weighted by molar-refractivity contribution is -0.753. The number of aromatic nitrogens is 1. The van der Waals surface area contributed by atoms with Crippen molar-refractivity contribution in [1.82, 2.24) is 10.3 Å². The highest BCUT2D eigenvalue weighted by Gasteiger charge is 2.40. The number of benzene rings is 2. The zero-order valence-corrected chi connectivity index (χ0v) is 19.4. The zero-order chi connectivity index (χ0) is 24.2. The summed E-state index contributed by atoms with van der Waals surface area (Å²) in [6, 6.07) is 17.2. The quantitative estimate of drug-likeness (QED) is 0.318. The van der Waals surface area contributed by atoms with Gasteiger partial charge in [-0.1, -0.05) is 18.2 Å². The minimum absolute atomic E-state index is 0.117. The molecule has 0 bridgehead atoms. The van der Waals surface area contributed by atoms with Crippen molar-refractivity contribution in [3.8, 4) is 5.75 Å². The molecule has 1 aliphatic carbocycles. The van der Waals surface area contributed by atoms with Gasteiger partial charge in [0.05, 0.1) is 12.2 Å². The number of halogens is 1. The Hall–Kier alpha value is -4.00. The summed E-state index contributed by atoms with van der Waals surface area (Å²) in [5.41, 5.74) is 4.00. The largest absolute Gasteiger partial charge is 0.493 e. The molecule has 0 saturated carbocycles. The minimum atomic E-state index is -0.407. The van der Waals surface area contributed by atoms with E-state index >= 15 is 0 Å². The zero-order valence-electron chi connectivity index (χ0n) is 19.4. The molecule has 0 radical (unpaired) electrons. The van der Waals surface area contributed by atoms with Crippen LogP contribution < -0.4 is 10.1 Å². The Balaban J connectivity index is 1.75. The first-order valence-electron chi connectivity index (χ1n) is 11.1. The van der Waals surface area contributed by atoms with Crippen LogP contribution in [0.25, 0.3) is 5.57 Å². The van der Waals surface area contributed by atoms with Gasteiger partial charge in [0.2, 0.25) is 0 Å². The van der Waals surface area contributed by atoms with Gasteiger partial charge in [-0.3, -0.25) is 15.0 Å². The molecule has 1 amide bonds. The molecule has 2 aromatic carbocycles. The van der Waals surface area contributed by atoms with Gasteiger partial charge in [-0.25, -0.2) is 4.39 Å². The Labute approximate surface area is 198 Å². The van der Waals surface area contributed by atoms with Crippen LogP contribution in [0.5, 0.6) is 5.75 Å². The Morgan fingerprint density at radius 2 is 1.94 bits per heavy atom. The fourth-order valence-corrected chi connectivity index (χ4v) is 4.07. The topological polar surface area (TPSA) is 74.5 Å². The van der Waals surface area contributed by atoms with E-state index in [0.29, 0.717) is 46.8 Å². The molecule has 0 aliphatic heterocycles. The maximum atomic E-state index is 14.1. The third-order valence-corrected chi connectivity index (χ3v) is 5.44. The van der Waals surface area contributed by atoms with Crippen molar-refractivity contribution < 1.29 is 23.9 Å². The van der Waals surface area contributed by atoms with Gasteiger partial charge in [-0.2, -0.15) is 0 Å². The van der Waals surface area contributed by atoms with E-state index in [1.807, 2.05) is 44.2 Å². The van der Waals surface area contributed by atoms with E-state index in [-0.39, 0.29) is 17.5 Å². The van der Waals surface area contributed by atoms with Crippen LogP contribution in [-0.2, 0) is 11.2 Å². The normalized spacial score (nSPS) is 14.3. The maximum absolute atomic E-state index is 14.1. The molecular formula is C27H27FN3O3+. The Bertz CT molecular complexity index is 1280. The number of pyridine rings is 1. The average molecular weight is 461 g/mol. The van der Waals surface area contributed by atoms with Crippen LogP contribution >= 0.6 is 0 Å². The Kier molecular flexibility index (Phi) is 6.72. The molecule has 4 rings (SSSR count). The molecule has 1 aliphatic rings. The van der Waals surface area contributed by atoms with Gasteiger partial charge in [0, 0.05) is 29.9 Å². The summed E-state index contributed by atoms with van der Waals surface area (Å²) >= 11 is 0. The maximum Gasteiger partial charge on any atom is 0.271 e. The molecule has 174 valence electrons. The molecule has 0 fully saturated rings. The van der Waals surface area contributed by atoms with Gasteiger partial charge >= 0.3 is 0 Å². The first kappa shape index (κ1) is 23.2. The highest BCUT2D eigenvalue weighted by Crippen LogP contribution is 2.39. The molecule has 0 unspecified atom stereocenters. The number of carbonyl (C=O) groups excluding carboxylic acids is 1. The number of amides is 1. The summed E-state index contributed by atoms with van der Waals surface area (Å²) in [5, 5.41) is 13.4. The molecule has 2 N–H and O–H groups in total. The van der Waals surface area contributed by atoms with Gasteiger partial charge < -0.3 is 10.1 Å². The van der Waals surface area contributed by atoms with Gasteiger partial charge in [0.25, 0.3) is 11.6 Å². The highest BCUT2D eigenvalue weighted by atomic mass is 19.1. The average Bonchev–Trinajstić information content (AvgIpc) is 3.14. The summed E-state index contributed by atoms with van der Waals surface area (Å²) < 4.78 is 21.0. The van der Waals surface area contributed by atoms with Crippen LogP contribution in [0.15, 0.2) is 72.4 Å². The van der Waals surface area contributed by atoms with Gasteiger partial charge in [-0.15, -0.1) is 0 Å². The van der Waals surface area contributed by atoms with E-state index in [2.05, 4.69) is 10.3 Å². The number of nitrogens with zero attached hydrogens (tertiary/aromatic N) is 2. The van der Waals surface area contributed by atoms with Crippen LogP contribution in [0.1, 0.15) is 36.2 Å². The van der Waals surface area contributed by atoms with Gasteiger partial charge in [-0.05, 0) is 72.2 Å². The Morgan fingerprint density at radius 1 is 1.12 bits per heavy atom. The standard InChI is InChI=1S/C27H26FN3O3/c1-17(2)30-27(32)25-24(18-7-6-8-19(28)15-18)22-11-10-21(16-23(22)26(25)31(3)33)34-14-12-20-9-4-5-13-29-20/h4-11,13,15-17H,12,14H2,1-3H3,(H-,30,32,33)/p+1. The predicted molar refractivity (Wildman–Crippen MR) is 128 cm³/mol. The van der Waals surface area contributed by atoms with E-state index in [1.165, 1.54) is 19.2 Å². The molecule has 0 spiro atoms. The number of rotatable bonds is 7. The van der Waals surface area contributed by atoms with Crippen molar-refractivity contribution in [2.75, 3.05) is 13.7 Å². The molecular weight excluding hydrogens is 433 g/mol. The number of ether oxygens (including phenoxy) is 1.